The van der Waals surface area contributed by atoms with E-state index in [1.165, 1.54) is 38.2 Å². The molecule has 1 aliphatic heterocycles. The van der Waals surface area contributed by atoms with Gasteiger partial charge in [0.1, 0.15) is 10.6 Å². The van der Waals surface area contributed by atoms with Crippen LogP contribution < -0.4 is 4.90 Å². The van der Waals surface area contributed by atoms with Crippen LogP contribution in [0.5, 0.6) is 0 Å². The van der Waals surface area contributed by atoms with Gasteiger partial charge in [-0.15, -0.1) is 0 Å². The van der Waals surface area contributed by atoms with Gasteiger partial charge in [-0.2, -0.15) is 4.31 Å². The maximum absolute atomic E-state index is 12.9. The molecular weight excluding hydrogens is 414 g/mol. The molecule has 29 heavy (non-hydrogen) atoms. The fourth-order valence-electron chi connectivity index (χ4n) is 3.35. The van der Waals surface area contributed by atoms with Gasteiger partial charge in [-0.3, -0.25) is 4.79 Å². The molecule has 1 aromatic carbocycles. The highest BCUT2D eigenvalue weighted by molar-refractivity contribution is 7.90. The maximum Gasteiger partial charge on any atom is 0.274 e. The molecule has 1 amide bonds. The predicted octanol–water partition coefficient (Wildman–Crippen LogP) is 1.88. The van der Waals surface area contributed by atoms with Crippen LogP contribution in [0.15, 0.2) is 46.3 Å². The van der Waals surface area contributed by atoms with Gasteiger partial charge in [-0.05, 0) is 43.2 Å². The molecule has 0 unspecified atom stereocenters. The summed E-state index contributed by atoms with van der Waals surface area (Å²) in [5.74, 6) is -0.389. The highest BCUT2D eigenvalue weighted by atomic mass is 32.2. The van der Waals surface area contributed by atoms with Gasteiger partial charge in [-0.1, -0.05) is 6.42 Å². The van der Waals surface area contributed by atoms with Crippen LogP contribution in [-0.4, -0.2) is 58.0 Å². The van der Waals surface area contributed by atoms with Crippen LogP contribution in [0, 0.1) is 0 Å². The van der Waals surface area contributed by atoms with E-state index in [0.29, 0.717) is 18.8 Å². The Labute approximate surface area is 171 Å². The van der Waals surface area contributed by atoms with Gasteiger partial charge in [0, 0.05) is 45.3 Å². The Hall–Kier alpha value is -2.17. The molecule has 0 N–H and O–H groups in total. The molecule has 8 nitrogen and oxygen atoms in total. The Bertz CT molecular complexity index is 1110. The van der Waals surface area contributed by atoms with Gasteiger partial charge in [0.05, 0.1) is 4.90 Å². The number of aromatic nitrogens is 1. The monoisotopic (exact) mass is 439 g/mol. The molecule has 0 atom stereocenters. The van der Waals surface area contributed by atoms with Crippen molar-refractivity contribution in [3.05, 3.63) is 42.2 Å². The molecule has 1 fully saturated rings. The molecule has 0 spiro atoms. The van der Waals surface area contributed by atoms with Gasteiger partial charge < -0.3 is 9.47 Å². The zero-order chi connectivity index (χ0) is 21.4. The number of rotatable bonds is 5. The minimum Gasteiger partial charge on any atom is -0.345 e. The van der Waals surface area contributed by atoms with Crippen LogP contribution in [0.1, 0.15) is 29.8 Å². The summed E-state index contributed by atoms with van der Waals surface area (Å²) in [5.41, 5.74) is 0.735. The number of sulfone groups is 1. The summed E-state index contributed by atoms with van der Waals surface area (Å²) in [6, 6.07) is 7.36. The minimum absolute atomic E-state index is 0.103. The summed E-state index contributed by atoms with van der Waals surface area (Å²) in [5, 5.41) is 0. The Balaban J connectivity index is 1.86. The molecule has 0 radical (unpaired) electrons. The fourth-order valence-corrected chi connectivity index (χ4v) is 5.57. The lowest BCUT2D eigenvalue weighted by Gasteiger charge is -2.25. The number of hydrogen-bond donors (Lipinski definition) is 0. The number of sulfonamides is 1. The normalized spacial score (nSPS) is 16.0. The average molecular weight is 440 g/mol. The third-order valence-corrected chi connectivity index (χ3v) is 8.10. The number of aryl methyl sites for hydroxylation is 1. The summed E-state index contributed by atoms with van der Waals surface area (Å²) < 4.78 is 51.9. The van der Waals surface area contributed by atoms with Gasteiger partial charge >= 0.3 is 0 Å². The van der Waals surface area contributed by atoms with Gasteiger partial charge in [-0.25, -0.2) is 16.8 Å². The Kier molecular flexibility index (Phi) is 5.88. The Morgan fingerprint density at radius 2 is 1.55 bits per heavy atom. The van der Waals surface area contributed by atoms with Crippen molar-refractivity contribution < 1.29 is 21.6 Å². The van der Waals surface area contributed by atoms with Crippen molar-refractivity contribution in [2.24, 2.45) is 7.05 Å². The molecule has 0 bridgehead atoms. The second kappa shape index (κ2) is 7.92. The number of carbonyl (C=O) groups excluding carboxylic acids is 1. The summed E-state index contributed by atoms with van der Waals surface area (Å²) in [4.78, 5) is 14.6. The first-order valence-corrected chi connectivity index (χ1v) is 12.6. The molecule has 3 rings (SSSR count). The number of anilines is 1. The average Bonchev–Trinajstić information content (AvgIpc) is 3.09. The quantitative estimate of drug-likeness (QED) is 0.709. The summed E-state index contributed by atoms with van der Waals surface area (Å²) in [7, 11) is -3.77. The van der Waals surface area contributed by atoms with E-state index in [0.717, 1.165) is 25.5 Å². The first kappa shape index (κ1) is 21.5. The third-order valence-electron chi connectivity index (χ3n) is 5.11. The third kappa shape index (κ3) is 4.39. The van der Waals surface area contributed by atoms with Crippen molar-refractivity contribution in [1.82, 2.24) is 8.87 Å². The molecule has 0 saturated carbocycles. The number of benzene rings is 1. The van der Waals surface area contributed by atoms with Gasteiger partial charge in [0.15, 0.2) is 9.84 Å². The van der Waals surface area contributed by atoms with E-state index in [-0.39, 0.29) is 21.4 Å². The van der Waals surface area contributed by atoms with Crippen LogP contribution in [0.4, 0.5) is 5.69 Å². The van der Waals surface area contributed by atoms with E-state index in [1.54, 1.807) is 26.2 Å². The first-order valence-electron chi connectivity index (χ1n) is 9.26. The lowest BCUT2D eigenvalue weighted by molar-refractivity contribution is 0.0985. The van der Waals surface area contributed by atoms with E-state index in [4.69, 9.17) is 0 Å². The number of nitrogens with zero attached hydrogens (tertiary/aromatic N) is 3. The Morgan fingerprint density at radius 3 is 2.10 bits per heavy atom. The molecule has 0 aliphatic carbocycles. The van der Waals surface area contributed by atoms with E-state index < -0.39 is 19.9 Å². The first-order chi connectivity index (χ1) is 13.5. The second-order valence-electron chi connectivity index (χ2n) is 7.27. The molecule has 1 aromatic heterocycles. The fraction of sp³-hybridized carbons (Fsp3) is 0.421. The molecule has 2 aromatic rings. The van der Waals surface area contributed by atoms with E-state index in [2.05, 4.69) is 0 Å². The van der Waals surface area contributed by atoms with Crippen LogP contribution in [0.3, 0.4) is 0 Å². The predicted molar refractivity (Wildman–Crippen MR) is 110 cm³/mol. The smallest absolute Gasteiger partial charge is 0.274 e. The SMILES string of the molecule is CN(C(=O)c1cc(S(=O)(=O)N2CCCCC2)cn1C)c1ccc(S(C)(=O)=O)cc1. The van der Waals surface area contributed by atoms with E-state index in [9.17, 15) is 21.6 Å². The van der Waals surface area contributed by atoms with Gasteiger partial charge in [0.2, 0.25) is 10.0 Å². The lowest BCUT2D eigenvalue weighted by atomic mass is 10.2. The minimum atomic E-state index is -3.63. The molecule has 158 valence electrons. The highest BCUT2D eigenvalue weighted by Crippen LogP contribution is 2.24. The van der Waals surface area contributed by atoms with Gasteiger partial charge in [0.25, 0.3) is 5.91 Å². The van der Waals surface area contributed by atoms with Crippen LogP contribution in [-0.2, 0) is 26.9 Å². The van der Waals surface area contributed by atoms with Crippen molar-refractivity contribution in [3.8, 4) is 0 Å². The molecule has 10 heteroatoms. The summed E-state index contributed by atoms with van der Waals surface area (Å²) >= 11 is 0. The van der Waals surface area contributed by atoms with E-state index >= 15 is 0 Å². The van der Waals surface area contributed by atoms with E-state index in [1.807, 2.05) is 0 Å². The number of carbonyl (C=O) groups is 1. The molecule has 2 heterocycles. The van der Waals surface area contributed by atoms with Crippen molar-refractivity contribution in [3.63, 3.8) is 0 Å². The van der Waals surface area contributed by atoms with Crippen molar-refractivity contribution in [1.29, 1.82) is 0 Å². The molecule has 1 aliphatic rings. The van der Waals surface area contributed by atoms with Crippen LogP contribution in [0.25, 0.3) is 0 Å². The van der Waals surface area contributed by atoms with Crippen molar-refractivity contribution >= 4 is 31.5 Å². The number of piperidine rings is 1. The number of amides is 1. The lowest BCUT2D eigenvalue weighted by Crippen LogP contribution is -2.35. The standard InChI is InChI=1S/C19H25N3O5S2/c1-20-14-17(29(26,27)22-11-5-4-6-12-22)13-18(20)19(23)21(2)15-7-9-16(10-8-15)28(3,24)25/h7-10,13-14H,4-6,11-12H2,1-3H3. The summed E-state index contributed by atoms with van der Waals surface area (Å²) in [6.07, 6.45) is 5.27. The number of hydrogen-bond acceptors (Lipinski definition) is 5. The highest BCUT2D eigenvalue weighted by Gasteiger charge is 2.29. The topological polar surface area (TPSA) is 96.8 Å². The van der Waals surface area contributed by atoms with Crippen LogP contribution in [0.2, 0.25) is 0 Å². The molecular formula is C19H25N3O5S2. The largest absolute Gasteiger partial charge is 0.345 e. The zero-order valence-corrected chi connectivity index (χ0v) is 18.3. The van der Waals surface area contributed by atoms with Crippen molar-refractivity contribution in [2.75, 3.05) is 31.3 Å². The second-order valence-corrected chi connectivity index (χ2v) is 11.2. The molecule has 1 saturated heterocycles. The zero-order valence-electron chi connectivity index (χ0n) is 16.7. The van der Waals surface area contributed by atoms with Crippen molar-refractivity contribution in [2.45, 2.75) is 29.1 Å². The van der Waals surface area contributed by atoms with Crippen LogP contribution >= 0.6 is 0 Å². The maximum atomic E-state index is 12.9. The summed E-state index contributed by atoms with van der Waals surface area (Å²) in [6.45, 7) is 0.986. The Morgan fingerprint density at radius 1 is 0.966 bits per heavy atom.